The molecule has 1 aromatic heterocycles. The van der Waals surface area contributed by atoms with E-state index in [1.165, 1.54) is 19.3 Å². The van der Waals surface area contributed by atoms with Gasteiger partial charge in [0.2, 0.25) is 0 Å². The van der Waals surface area contributed by atoms with Gasteiger partial charge in [-0.15, -0.1) is 0 Å². The molecule has 1 aliphatic heterocycles. The van der Waals surface area contributed by atoms with Crippen LogP contribution in [0.1, 0.15) is 32.1 Å². The quantitative estimate of drug-likeness (QED) is 0.862. The zero-order chi connectivity index (χ0) is 13.1. The number of hydrogen-bond donors (Lipinski definition) is 2. The largest absolute Gasteiger partial charge is 0.370 e. The highest BCUT2D eigenvalue weighted by molar-refractivity contribution is 5.48. The fraction of sp³-hybridized carbons (Fsp3) is 0.714. The number of nitrogens with zero attached hydrogens (tertiary/aromatic N) is 3. The molecule has 3 rings (SSSR count). The smallest absolute Gasteiger partial charge is 0.134 e. The summed E-state index contributed by atoms with van der Waals surface area (Å²) in [6.07, 6.45) is 7.86. The van der Waals surface area contributed by atoms with Gasteiger partial charge in [0, 0.05) is 31.7 Å². The minimum atomic E-state index is 0.356. The first-order chi connectivity index (χ1) is 9.31. The third-order valence-corrected chi connectivity index (χ3v) is 4.31. The summed E-state index contributed by atoms with van der Waals surface area (Å²) in [5, 5.41) is 3.43. The van der Waals surface area contributed by atoms with E-state index in [0.717, 1.165) is 50.0 Å². The topological polar surface area (TPSA) is 67.1 Å². The van der Waals surface area contributed by atoms with E-state index in [0.29, 0.717) is 6.04 Å². The maximum Gasteiger partial charge on any atom is 0.134 e. The van der Waals surface area contributed by atoms with E-state index in [1.54, 1.807) is 6.33 Å². The predicted molar refractivity (Wildman–Crippen MR) is 77.3 cm³/mol. The number of hydrogen-bond acceptors (Lipinski definition) is 5. The molecule has 5 heteroatoms. The molecular weight excluding hydrogens is 238 g/mol. The van der Waals surface area contributed by atoms with Crippen molar-refractivity contribution in [1.29, 1.82) is 0 Å². The van der Waals surface area contributed by atoms with Gasteiger partial charge in [0.05, 0.1) is 0 Å². The zero-order valence-corrected chi connectivity index (χ0v) is 11.4. The van der Waals surface area contributed by atoms with Crippen LogP contribution in [0, 0.1) is 5.92 Å². The number of nitrogens with two attached hydrogens (primary N) is 1. The van der Waals surface area contributed by atoms with Crippen LogP contribution in [0.25, 0.3) is 0 Å². The van der Waals surface area contributed by atoms with Crippen molar-refractivity contribution in [2.45, 2.75) is 38.1 Å². The summed E-state index contributed by atoms with van der Waals surface area (Å²) in [6, 6.07) is 2.42. The van der Waals surface area contributed by atoms with E-state index >= 15 is 0 Å². The van der Waals surface area contributed by atoms with E-state index < -0.39 is 0 Å². The van der Waals surface area contributed by atoms with Crippen LogP contribution in [0.5, 0.6) is 0 Å². The Bertz CT molecular complexity index is 410. The maximum absolute atomic E-state index is 5.94. The Labute approximate surface area is 114 Å². The van der Waals surface area contributed by atoms with Crippen molar-refractivity contribution in [3.8, 4) is 0 Å². The molecule has 0 spiro atoms. The maximum atomic E-state index is 5.94. The lowest BCUT2D eigenvalue weighted by Crippen LogP contribution is -2.40. The summed E-state index contributed by atoms with van der Waals surface area (Å²) in [7, 11) is 0. The Balaban J connectivity index is 1.58. The van der Waals surface area contributed by atoms with Crippen LogP contribution in [-0.2, 0) is 0 Å². The van der Waals surface area contributed by atoms with Crippen molar-refractivity contribution in [2.24, 2.45) is 11.7 Å². The van der Waals surface area contributed by atoms with Crippen LogP contribution in [0.2, 0.25) is 0 Å². The van der Waals surface area contributed by atoms with Gasteiger partial charge in [0.15, 0.2) is 0 Å². The molecule has 2 heterocycles. The molecule has 1 saturated carbocycles. The Hall–Kier alpha value is -1.36. The molecule has 5 nitrogen and oxygen atoms in total. The fourth-order valence-electron chi connectivity index (χ4n) is 2.69. The minimum Gasteiger partial charge on any atom is -0.370 e. The number of nitrogens with one attached hydrogen (secondary N) is 1. The molecule has 19 heavy (non-hydrogen) atoms. The summed E-state index contributed by atoms with van der Waals surface area (Å²) in [6.45, 7) is 3.04. The zero-order valence-electron chi connectivity index (χ0n) is 11.4. The second-order valence-electron chi connectivity index (χ2n) is 5.76. The van der Waals surface area contributed by atoms with Crippen LogP contribution in [0.4, 0.5) is 11.6 Å². The van der Waals surface area contributed by atoms with Crippen LogP contribution >= 0.6 is 0 Å². The Kier molecular flexibility index (Phi) is 3.82. The average molecular weight is 261 g/mol. The van der Waals surface area contributed by atoms with Gasteiger partial charge in [-0.3, -0.25) is 0 Å². The molecule has 0 unspecified atom stereocenters. The van der Waals surface area contributed by atoms with E-state index in [2.05, 4.69) is 26.3 Å². The van der Waals surface area contributed by atoms with Gasteiger partial charge in [-0.05, 0) is 31.6 Å². The van der Waals surface area contributed by atoms with Crippen molar-refractivity contribution >= 4 is 11.6 Å². The molecule has 104 valence electrons. The van der Waals surface area contributed by atoms with E-state index in [9.17, 15) is 0 Å². The summed E-state index contributed by atoms with van der Waals surface area (Å²) >= 11 is 0. The molecule has 1 aromatic rings. The SMILES string of the molecule is NC1CCN(c2cc(NCC3CCC3)ncn2)CC1. The molecule has 2 aliphatic rings. The first-order valence-electron chi connectivity index (χ1n) is 7.38. The fourth-order valence-corrected chi connectivity index (χ4v) is 2.69. The average Bonchev–Trinajstić information content (AvgIpc) is 2.38. The lowest BCUT2D eigenvalue weighted by molar-refractivity contribution is 0.333. The van der Waals surface area contributed by atoms with Gasteiger partial charge < -0.3 is 16.0 Å². The number of anilines is 2. The van der Waals surface area contributed by atoms with E-state index in [4.69, 9.17) is 5.73 Å². The monoisotopic (exact) mass is 261 g/mol. The molecule has 0 amide bonds. The Morgan fingerprint density at radius 2 is 2.00 bits per heavy atom. The molecule has 0 radical (unpaired) electrons. The van der Waals surface area contributed by atoms with Crippen molar-refractivity contribution in [2.75, 3.05) is 29.9 Å². The van der Waals surface area contributed by atoms with Crippen molar-refractivity contribution in [3.05, 3.63) is 12.4 Å². The van der Waals surface area contributed by atoms with Gasteiger partial charge in [-0.25, -0.2) is 9.97 Å². The summed E-state index contributed by atoms with van der Waals surface area (Å²) < 4.78 is 0. The number of aromatic nitrogens is 2. The number of piperidine rings is 1. The standard InChI is InChI=1S/C14H23N5/c15-12-4-6-19(7-5-12)14-8-13(17-10-18-14)16-9-11-2-1-3-11/h8,10-12H,1-7,9,15H2,(H,16,17,18). The second kappa shape index (κ2) is 5.74. The van der Waals surface area contributed by atoms with Crippen LogP contribution < -0.4 is 16.0 Å². The highest BCUT2D eigenvalue weighted by Gasteiger charge is 2.19. The van der Waals surface area contributed by atoms with Gasteiger partial charge >= 0.3 is 0 Å². The highest BCUT2D eigenvalue weighted by Crippen LogP contribution is 2.26. The predicted octanol–water partition coefficient (Wildman–Crippen LogP) is 1.62. The van der Waals surface area contributed by atoms with Gasteiger partial charge in [0.25, 0.3) is 0 Å². The van der Waals surface area contributed by atoms with Crippen molar-refractivity contribution in [3.63, 3.8) is 0 Å². The molecule has 0 atom stereocenters. The molecular formula is C14H23N5. The van der Waals surface area contributed by atoms with Gasteiger partial charge in [0.1, 0.15) is 18.0 Å². The minimum absolute atomic E-state index is 0.356. The van der Waals surface area contributed by atoms with Crippen molar-refractivity contribution in [1.82, 2.24) is 9.97 Å². The second-order valence-corrected chi connectivity index (χ2v) is 5.76. The van der Waals surface area contributed by atoms with Gasteiger partial charge in [-0.2, -0.15) is 0 Å². The lowest BCUT2D eigenvalue weighted by atomic mass is 9.85. The molecule has 2 fully saturated rings. The normalized spacial score (nSPS) is 21.2. The van der Waals surface area contributed by atoms with Crippen LogP contribution in [0.3, 0.4) is 0 Å². The molecule has 1 aliphatic carbocycles. The first kappa shape index (κ1) is 12.7. The highest BCUT2D eigenvalue weighted by atomic mass is 15.2. The number of rotatable bonds is 4. The lowest BCUT2D eigenvalue weighted by Gasteiger charge is -2.31. The van der Waals surface area contributed by atoms with Crippen LogP contribution in [-0.4, -0.2) is 35.6 Å². The van der Waals surface area contributed by atoms with E-state index in [-0.39, 0.29) is 0 Å². The molecule has 1 saturated heterocycles. The van der Waals surface area contributed by atoms with Crippen LogP contribution in [0.15, 0.2) is 12.4 Å². The third-order valence-electron chi connectivity index (χ3n) is 4.31. The molecule has 3 N–H and O–H groups in total. The van der Waals surface area contributed by atoms with Crippen molar-refractivity contribution < 1.29 is 0 Å². The van der Waals surface area contributed by atoms with E-state index in [1.807, 2.05) is 0 Å². The third kappa shape index (κ3) is 3.15. The van der Waals surface area contributed by atoms with Gasteiger partial charge in [-0.1, -0.05) is 6.42 Å². The Morgan fingerprint density at radius 1 is 1.21 bits per heavy atom. The first-order valence-corrected chi connectivity index (χ1v) is 7.38. The molecule has 0 bridgehead atoms. The summed E-state index contributed by atoms with van der Waals surface area (Å²) in [4.78, 5) is 11.0. The summed E-state index contributed by atoms with van der Waals surface area (Å²) in [5.41, 5.74) is 5.94. The Morgan fingerprint density at radius 3 is 2.68 bits per heavy atom. The molecule has 0 aromatic carbocycles. The summed E-state index contributed by atoms with van der Waals surface area (Å²) in [5.74, 6) is 2.82.